The first kappa shape index (κ1) is 17.6. The lowest BCUT2D eigenvalue weighted by Crippen LogP contribution is -2.33. The SMILES string of the molecule is Cc1nc(=O)[nH]c(C)c1CC(=O)N1CCC[C@@H]1c1ccc2c(c1)OCCO2. The number of benzene rings is 1. The number of carbonyl (C=O) groups excluding carboxylic acids is 1. The van der Waals surface area contributed by atoms with Crippen molar-refractivity contribution in [3.8, 4) is 11.5 Å². The van der Waals surface area contributed by atoms with Crippen LogP contribution in [0.2, 0.25) is 0 Å². The van der Waals surface area contributed by atoms with Gasteiger partial charge in [-0.1, -0.05) is 6.07 Å². The Morgan fingerprint density at radius 2 is 2.04 bits per heavy atom. The quantitative estimate of drug-likeness (QED) is 0.895. The average Bonchev–Trinajstić information content (AvgIpc) is 3.14. The van der Waals surface area contributed by atoms with Crippen molar-refractivity contribution < 1.29 is 14.3 Å². The van der Waals surface area contributed by atoms with Gasteiger partial charge in [-0.15, -0.1) is 0 Å². The van der Waals surface area contributed by atoms with Crippen LogP contribution < -0.4 is 15.2 Å². The Morgan fingerprint density at radius 3 is 2.81 bits per heavy atom. The highest BCUT2D eigenvalue weighted by molar-refractivity contribution is 5.80. The molecule has 1 aromatic carbocycles. The number of aromatic nitrogens is 2. The van der Waals surface area contributed by atoms with Gasteiger partial charge < -0.3 is 19.4 Å². The number of nitrogens with zero attached hydrogens (tertiary/aromatic N) is 2. The van der Waals surface area contributed by atoms with Crippen LogP contribution in [0.1, 0.15) is 41.4 Å². The number of rotatable bonds is 3. The monoisotopic (exact) mass is 369 g/mol. The van der Waals surface area contributed by atoms with Crippen molar-refractivity contribution in [3.05, 3.63) is 51.2 Å². The van der Waals surface area contributed by atoms with Gasteiger partial charge >= 0.3 is 5.69 Å². The second-order valence-electron chi connectivity index (χ2n) is 7.06. The number of nitrogens with one attached hydrogen (secondary N) is 1. The van der Waals surface area contributed by atoms with E-state index < -0.39 is 0 Å². The minimum atomic E-state index is -0.378. The first-order valence-corrected chi connectivity index (χ1v) is 9.28. The number of H-pyrrole nitrogens is 1. The van der Waals surface area contributed by atoms with E-state index in [1.54, 1.807) is 13.8 Å². The van der Waals surface area contributed by atoms with Gasteiger partial charge in [-0.2, -0.15) is 4.98 Å². The zero-order valence-electron chi connectivity index (χ0n) is 15.6. The number of ether oxygens (including phenoxy) is 2. The van der Waals surface area contributed by atoms with E-state index in [4.69, 9.17) is 9.47 Å². The number of carbonyl (C=O) groups is 1. The smallest absolute Gasteiger partial charge is 0.345 e. The molecule has 1 atom stereocenters. The molecule has 27 heavy (non-hydrogen) atoms. The number of fused-ring (bicyclic) bond motifs is 1. The van der Waals surface area contributed by atoms with Crippen LogP contribution in [-0.4, -0.2) is 40.5 Å². The summed E-state index contributed by atoms with van der Waals surface area (Å²) in [5, 5.41) is 0. The lowest BCUT2D eigenvalue weighted by atomic mass is 10.0. The van der Waals surface area contributed by atoms with Crippen molar-refractivity contribution in [2.45, 2.75) is 39.2 Å². The highest BCUT2D eigenvalue weighted by Crippen LogP contribution is 2.38. The maximum absolute atomic E-state index is 13.0. The zero-order chi connectivity index (χ0) is 19.0. The van der Waals surface area contributed by atoms with E-state index in [0.29, 0.717) is 24.6 Å². The Bertz CT molecular complexity index is 911. The number of hydrogen-bond acceptors (Lipinski definition) is 5. The Hall–Kier alpha value is -2.83. The summed E-state index contributed by atoms with van der Waals surface area (Å²) in [6.45, 7) is 5.41. The van der Waals surface area contributed by atoms with Crippen molar-refractivity contribution in [2.75, 3.05) is 19.8 Å². The molecule has 2 aliphatic heterocycles. The summed E-state index contributed by atoms with van der Waals surface area (Å²) >= 11 is 0. The third kappa shape index (κ3) is 3.41. The molecule has 3 heterocycles. The number of likely N-dealkylation sites (tertiary alicyclic amines) is 1. The van der Waals surface area contributed by atoms with E-state index in [1.807, 2.05) is 23.1 Å². The largest absolute Gasteiger partial charge is 0.486 e. The van der Waals surface area contributed by atoms with Gasteiger partial charge in [0, 0.05) is 23.5 Å². The molecule has 1 aromatic heterocycles. The summed E-state index contributed by atoms with van der Waals surface area (Å²) in [4.78, 5) is 33.0. The maximum Gasteiger partial charge on any atom is 0.345 e. The standard InChI is InChI=1S/C20H23N3O4/c1-12-15(13(2)22-20(25)21-12)11-19(24)23-7-3-4-16(23)14-5-6-17-18(10-14)27-9-8-26-17/h5-6,10,16H,3-4,7-9,11H2,1-2H3,(H,21,22,25)/t16-/m1/s1. The first-order valence-electron chi connectivity index (χ1n) is 9.28. The van der Waals surface area contributed by atoms with Gasteiger partial charge in [-0.05, 0) is 44.4 Å². The normalized spacial score (nSPS) is 18.6. The van der Waals surface area contributed by atoms with Crippen molar-refractivity contribution in [1.82, 2.24) is 14.9 Å². The summed E-state index contributed by atoms with van der Waals surface area (Å²) in [7, 11) is 0. The summed E-state index contributed by atoms with van der Waals surface area (Å²) < 4.78 is 11.3. The predicted molar refractivity (Wildman–Crippen MR) is 99.2 cm³/mol. The van der Waals surface area contributed by atoms with Gasteiger partial charge in [0.1, 0.15) is 13.2 Å². The van der Waals surface area contributed by atoms with Crippen molar-refractivity contribution >= 4 is 5.91 Å². The summed E-state index contributed by atoms with van der Waals surface area (Å²) in [6.07, 6.45) is 2.13. The zero-order valence-corrected chi connectivity index (χ0v) is 15.6. The van der Waals surface area contributed by atoms with Crippen LogP contribution in [0.4, 0.5) is 0 Å². The highest BCUT2D eigenvalue weighted by Gasteiger charge is 2.31. The molecule has 1 N–H and O–H groups in total. The van der Waals surface area contributed by atoms with E-state index in [-0.39, 0.29) is 24.1 Å². The van der Waals surface area contributed by atoms with Crippen LogP contribution >= 0.6 is 0 Å². The third-order valence-corrected chi connectivity index (χ3v) is 5.31. The first-order chi connectivity index (χ1) is 13.0. The molecule has 0 radical (unpaired) electrons. The fourth-order valence-electron chi connectivity index (χ4n) is 3.95. The minimum absolute atomic E-state index is 0.0321. The second-order valence-corrected chi connectivity index (χ2v) is 7.06. The summed E-state index contributed by atoms with van der Waals surface area (Å²) in [5.74, 6) is 1.55. The number of aromatic amines is 1. The Labute approximate surface area is 157 Å². The molecule has 2 aromatic rings. The molecule has 7 nitrogen and oxygen atoms in total. The second kappa shape index (κ2) is 7.06. The molecule has 142 valence electrons. The molecule has 0 saturated carbocycles. The fourth-order valence-corrected chi connectivity index (χ4v) is 3.95. The minimum Gasteiger partial charge on any atom is -0.486 e. The average molecular weight is 369 g/mol. The molecule has 4 rings (SSSR count). The summed E-state index contributed by atoms with van der Waals surface area (Å²) in [6, 6.07) is 5.96. The van der Waals surface area contributed by atoms with Gasteiger partial charge in [0.2, 0.25) is 5.91 Å². The molecule has 0 bridgehead atoms. The van der Waals surface area contributed by atoms with Crippen LogP contribution in [0, 0.1) is 13.8 Å². The van der Waals surface area contributed by atoms with Crippen LogP contribution in [-0.2, 0) is 11.2 Å². The lowest BCUT2D eigenvalue weighted by Gasteiger charge is -2.27. The Morgan fingerprint density at radius 1 is 1.26 bits per heavy atom. The van der Waals surface area contributed by atoms with Crippen molar-refractivity contribution in [1.29, 1.82) is 0 Å². The van der Waals surface area contributed by atoms with Gasteiger partial charge in [0.25, 0.3) is 0 Å². The van der Waals surface area contributed by atoms with E-state index >= 15 is 0 Å². The van der Waals surface area contributed by atoms with Crippen LogP contribution in [0.15, 0.2) is 23.0 Å². The van der Waals surface area contributed by atoms with Crippen molar-refractivity contribution in [3.63, 3.8) is 0 Å². The molecule has 0 aliphatic carbocycles. The summed E-state index contributed by atoms with van der Waals surface area (Å²) in [5.41, 5.74) is 2.80. The highest BCUT2D eigenvalue weighted by atomic mass is 16.6. The molecule has 1 amide bonds. The van der Waals surface area contributed by atoms with Crippen LogP contribution in [0.3, 0.4) is 0 Å². The lowest BCUT2D eigenvalue weighted by molar-refractivity contribution is -0.131. The molecule has 0 spiro atoms. The van der Waals surface area contributed by atoms with Crippen LogP contribution in [0.25, 0.3) is 0 Å². The fraction of sp³-hybridized carbons (Fsp3) is 0.450. The molecular formula is C20H23N3O4. The van der Waals surface area contributed by atoms with Crippen molar-refractivity contribution in [2.24, 2.45) is 0 Å². The van der Waals surface area contributed by atoms with E-state index in [9.17, 15) is 9.59 Å². The van der Waals surface area contributed by atoms with Gasteiger partial charge in [0.05, 0.1) is 12.5 Å². The number of aryl methyl sites for hydroxylation is 2. The van der Waals surface area contributed by atoms with Crippen LogP contribution in [0.5, 0.6) is 11.5 Å². The molecule has 1 saturated heterocycles. The van der Waals surface area contributed by atoms with E-state index in [1.165, 1.54) is 0 Å². The molecule has 0 unspecified atom stereocenters. The van der Waals surface area contributed by atoms with E-state index in [0.717, 1.165) is 42.0 Å². The van der Waals surface area contributed by atoms with E-state index in [2.05, 4.69) is 9.97 Å². The molecule has 7 heteroatoms. The Balaban J connectivity index is 1.56. The predicted octanol–water partition coefficient (Wildman–Crippen LogP) is 2.06. The van der Waals surface area contributed by atoms with Gasteiger partial charge in [-0.25, -0.2) is 4.79 Å². The van der Waals surface area contributed by atoms with Gasteiger partial charge in [-0.3, -0.25) is 4.79 Å². The topological polar surface area (TPSA) is 84.5 Å². The number of hydrogen-bond donors (Lipinski definition) is 1. The number of amides is 1. The molecule has 1 fully saturated rings. The third-order valence-electron chi connectivity index (χ3n) is 5.31. The van der Waals surface area contributed by atoms with Gasteiger partial charge in [0.15, 0.2) is 11.5 Å². The molecular weight excluding hydrogens is 346 g/mol. The maximum atomic E-state index is 13.0. The Kier molecular flexibility index (Phi) is 4.59. The molecule has 2 aliphatic rings.